The molecule has 124 valence electrons. The zero-order valence-corrected chi connectivity index (χ0v) is 13.3. The van der Waals surface area contributed by atoms with E-state index in [-0.39, 0.29) is 6.42 Å². The third-order valence-corrected chi connectivity index (χ3v) is 3.52. The molecule has 0 aliphatic carbocycles. The normalized spacial score (nSPS) is 20.0. The zero-order chi connectivity index (χ0) is 16.3. The minimum atomic E-state index is -4.43. The van der Waals surface area contributed by atoms with Crippen molar-refractivity contribution >= 4 is 6.03 Å². The molecular formula is C14H26F3N3O. The van der Waals surface area contributed by atoms with Gasteiger partial charge in [-0.3, -0.25) is 0 Å². The summed E-state index contributed by atoms with van der Waals surface area (Å²) in [4.78, 5) is 15.6. The maximum Gasteiger partial charge on any atom is 0.408 e. The molecule has 0 aromatic carbocycles. The second-order valence-corrected chi connectivity index (χ2v) is 6.95. The van der Waals surface area contributed by atoms with Crippen molar-refractivity contribution in [3.8, 4) is 0 Å². The first-order valence-corrected chi connectivity index (χ1v) is 7.30. The fraction of sp³-hybridized carbons (Fsp3) is 0.929. The van der Waals surface area contributed by atoms with Crippen LogP contribution in [-0.4, -0.2) is 61.3 Å². The number of likely N-dealkylation sites (N-methyl/N-ethyl adjacent to an activating group) is 1. The Morgan fingerprint density at radius 3 is 2.29 bits per heavy atom. The summed E-state index contributed by atoms with van der Waals surface area (Å²) in [5.74, 6) is 0. The molecule has 1 rings (SSSR count). The summed E-state index contributed by atoms with van der Waals surface area (Å²) in [6, 6.07) is -2.41. The first-order chi connectivity index (χ1) is 9.49. The Bertz CT molecular complexity index is 352. The zero-order valence-electron chi connectivity index (χ0n) is 13.3. The number of amides is 2. The van der Waals surface area contributed by atoms with Crippen LogP contribution < -0.4 is 5.32 Å². The minimum Gasteiger partial charge on any atom is -0.326 e. The van der Waals surface area contributed by atoms with Gasteiger partial charge in [-0.05, 0) is 31.8 Å². The Balaban J connectivity index is 2.67. The maximum atomic E-state index is 13.1. The van der Waals surface area contributed by atoms with Crippen molar-refractivity contribution in [3.63, 3.8) is 0 Å². The lowest BCUT2D eigenvalue weighted by Gasteiger charge is -2.30. The van der Waals surface area contributed by atoms with Gasteiger partial charge >= 0.3 is 12.2 Å². The molecule has 1 saturated heterocycles. The molecule has 0 aromatic heterocycles. The number of nitrogens with one attached hydrogen (secondary N) is 1. The molecule has 2 amide bonds. The van der Waals surface area contributed by atoms with E-state index in [9.17, 15) is 18.0 Å². The van der Waals surface area contributed by atoms with Crippen molar-refractivity contribution in [2.24, 2.45) is 5.41 Å². The highest BCUT2D eigenvalue weighted by Crippen LogP contribution is 2.30. The van der Waals surface area contributed by atoms with Gasteiger partial charge in [-0.15, -0.1) is 0 Å². The van der Waals surface area contributed by atoms with E-state index < -0.39 is 23.7 Å². The van der Waals surface area contributed by atoms with Gasteiger partial charge in [0, 0.05) is 19.6 Å². The third-order valence-electron chi connectivity index (χ3n) is 3.52. The molecule has 0 aromatic rings. The van der Waals surface area contributed by atoms with Gasteiger partial charge in [0.1, 0.15) is 6.04 Å². The number of carbonyl (C=O) groups is 1. The first kappa shape index (κ1) is 18.1. The summed E-state index contributed by atoms with van der Waals surface area (Å²) in [5.41, 5.74) is -0.507. The molecule has 1 N–H and O–H groups in total. The molecule has 21 heavy (non-hydrogen) atoms. The minimum absolute atomic E-state index is 0.129. The smallest absolute Gasteiger partial charge is 0.326 e. The van der Waals surface area contributed by atoms with Gasteiger partial charge in [0.25, 0.3) is 0 Å². The predicted octanol–water partition coefficient (Wildman–Crippen LogP) is 2.70. The second-order valence-electron chi connectivity index (χ2n) is 6.95. The molecule has 0 saturated carbocycles. The number of halogens is 3. The van der Waals surface area contributed by atoms with Crippen molar-refractivity contribution in [2.45, 2.75) is 45.8 Å². The Morgan fingerprint density at radius 2 is 1.76 bits per heavy atom. The molecule has 0 spiro atoms. The summed E-state index contributed by atoms with van der Waals surface area (Å²) in [6.45, 7) is 7.70. The molecule has 1 heterocycles. The van der Waals surface area contributed by atoms with Crippen molar-refractivity contribution in [1.29, 1.82) is 0 Å². The van der Waals surface area contributed by atoms with Gasteiger partial charge in [-0.2, -0.15) is 13.2 Å². The Kier molecular flexibility index (Phi) is 5.90. The Hall–Kier alpha value is -0.980. The Morgan fingerprint density at radius 1 is 1.14 bits per heavy atom. The standard InChI is InChI=1S/C14H26F3N3O/c1-13(2,3)10-11(14(15,16)17)18-12(21)20-7-5-6-19(4)8-9-20/h11H,5-10H2,1-4H3,(H,18,21). The highest BCUT2D eigenvalue weighted by atomic mass is 19.4. The SMILES string of the molecule is CN1CCCN(C(=O)NC(CC(C)(C)C)C(F)(F)F)CC1. The number of carbonyl (C=O) groups excluding carboxylic acids is 1. The van der Waals surface area contributed by atoms with Gasteiger partial charge in [0.15, 0.2) is 0 Å². The molecule has 0 bridgehead atoms. The summed E-state index contributed by atoms with van der Waals surface area (Å²) >= 11 is 0. The monoisotopic (exact) mass is 309 g/mol. The van der Waals surface area contributed by atoms with Crippen LogP contribution in [-0.2, 0) is 0 Å². The van der Waals surface area contributed by atoms with E-state index in [0.717, 1.165) is 13.0 Å². The lowest BCUT2D eigenvalue weighted by molar-refractivity contribution is -0.159. The van der Waals surface area contributed by atoms with E-state index in [0.29, 0.717) is 19.6 Å². The van der Waals surface area contributed by atoms with Gasteiger partial charge in [-0.25, -0.2) is 4.79 Å². The van der Waals surface area contributed by atoms with Crippen molar-refractivity contribution < 1.29 is 18.0 Å². The van der Waals surface area contributed by atoms with Crippen LogP contribution in [0.15, 0.2) is 0 Å². The summed E-state index contributed by atoms with van der Waals surface area (Å²) in [7, 11) is 1.94. The summed E-state index contributed by atoms with van der Waals surface area (Å²) in [6.07, 6.45) is -3.78. The quantitative estimate of drug-likeness (QED) is 0.851. The van der Waals surface area contributed by atoms with Crippen LogP contribution in [0.5, 0.6) is 0 Å². The van der Waals surface area contributed by atoms with Crippen LogP contribution in [0.4, 0.5) is 18.0 Å². The van der Waals surface area contributed by atoms with Gasteiger partial charge < -0.3 is 15.1 Å². The van der Waals surface area contributed by atoms with Crippen molar-refractivity contribution in [2.75, 3.05) is 33.2 Å². The van der Waals surface area contributed by atoms with E-state index in [2.05, 4.69) is 10.2 Å². The molecule has 4 nitrogen and oxygen atoms in total. The van der Waals surface area contributed by atoms with E-state index in [1.165, 1.54) is 4.90 Å². The van der Waals surface area contributed by atoms with Gasteiger partial charge in [0.2, 0.25) is 0 Å². The average Bonchev–Trinajstić information content (AvgIpc) is 2.50. The fourth-order valence-corrected chi connectivity index (χ4v) is 2.35. The largest absolute Gasteiger partial charge is 0.408 e. The molecule has 0 radical (unpaired) electrons. The lowest BCUT2D eigenvalue weighted by atomic mass is 9.88. The van der Waals surface area contributed by atoms with Crippen LogP contribution in [0.2, 0.25) is 0 Å². The molecule has 1 aliphatic heterocycles. The number of urea groups is 1. The Labute approximate surface area is 124 Å². The van der Waals surface area contributed by atoms with E-state index in [1.807, 2.05) is 7.05 Å². The van der Waals surface area contributed by atoms with Crippen LogP contribution in [0.1, 0.15) is 33.6 Å². The van der Waals surface area contributed by atoms with Gasteiger partial charge in [0.05, 0.1) is 0 Å². The molecule has 1 unspecified atom stereocenters. The highest BCUT2D eigenvalue weighted by Gasteiger charge is 2.43. The predicted molar refractivity (Wildman–Crippen MR) is 76.1 cm³/mol. The molecule has 1 atom stereocenters. The van der Waals surface area contributed by atoms with Crippen LogP contribution >= 0.6 is 0 Å². The second kappa shape index (κ2) is 6.85. The number of hydrogen-bond donors (Lipinski definition) is 1. The van der Waals surface area contributed by atoms with E-state index in [1.54, 1.807) is 20.8 Å². The molecular weight excluding hydrogens is 283 g/mol. The molecule has 1 fully saturated rings. The highest BCUT2D eigenvalue weighted by molar-refractivity contribution is 5.74. The van der Waals surface area contributed by atoms with Crippen molar-refractivity contribution in [1.82, 2.24) is 15.1 Å². The maximum absolute atomic E-state index is 13.1. The van der Waals surface area contributed by atoms with Crippen molar-refractivity contribution in [3.05, 3.63) is 0 Å². The number of rotatable bonds is 2. The third kappa shape index (κ3) is 6.54. The summed E-state index contributed by atoms with van der Waals surface area (Å²) < 4.78 is 39.2. The molecule has 1 aliphatic rings. The van der Waals surface area contributed by atoms with Crippen LogP contribution in [0, 0.1) is 5.41 Å². The fourth-order valence-electron chi connectivity index (χ4n) is 2.35. The molecule has 7 heteroatoms. The number of nitrogens with zero attached hydrogens (tertiary/aromatic N) is 2. The van der Waals surface area contributed by atoms with Crippen LogP contribution in [0.3, 0.4) is 0 Å². The van der Waals surface area contributed by atoms with Gasteiger partial charge in [-0.1, -0.05) is 20.8 Å². The number of alkyl halides is 3. The topological polar surface area (TPSA) is 35.6 Å². The van der Waals surface area contributed by atoms with E-state index >= 15 is 0 Å². The van der Waals surface area contributed by atoms with E-state index in [4.69, 9.17) is 0 Å². The lowest BCUT2D eigenvalue weighted by Crippen LogP contribution is -2.52. The summed E-state index contributed by atoms with van der Waals surface area (Å²) in [5, 5.41) is 2.17. The average molecular weight is 309 g/mol. The van der Waals surface area contributed by atoms with Crippen LogP contribution in [0.25, 0.3) is 0 Å². The first-order valence-electron chi connectivity index (χ1n) is 7.30. The number of hydrogen-bond acceptors (Lipinski definition) is 2.